The van der Waals surface area contributed by atoms with Crippen LogP contribution in [0.15, 0.2) is 48.5 Å². The molecule has 0 saturated carbocycles. The van der Waals surface area contributed by atoms with Gasteiger partial charge in [-0.3, -0.25) is 0 Å². The van der Waals surface area contributed by atoms with Crippen LogP contribution in [0, 0.1) is 5.92 Å². The summed E-state index contributed by atoms with van der Waals surface area (Å²) < 4.78 is 6.21. The van der Waals surface area contributed by atoms with Gasteiger partial charge >= 0.3 is 0 Å². The molecule has 0 saturated heterocycles. The van der Waals surface area contributed by atoms with Gasteiger partial charge in [0.2, 0.25) is 0 Å². The minimum atomic E-state index is 0.212. The van der Waals surface area contributed by atoms with Gasteiger partial charge in [-0.1, -0.05) is 50.2 Å². The molecule has 0 fully saturated rings. The van der Waals surface area contributed by atoms with Crippen molar-refractivity contribution in [1.82, 2.24) is 0 Å². The van der Waals surface area contributed by atoms with Gasteiger partial charge < -0.3 is 15.4 Å². The summed E-state index contributed by atoms with van der Waals surface area (Å²) in [7, 11) is 0. The lowest BCUT2D eigenvalue weighted by molar-refractivity contribution is 0.145. The highest BCUT2D eigenvalue weighted by atomic mass is 16.5. The molecule has 1 atom stereocenters. The van der Waals surface area contributed by atoms with E-state index in [-0.39, 0.29) is 6.10 Å². The first-order valence-electron chi connectivity index (χ1n) is 7.96. The standard InChI is InChI=1S/C19H24N2O/c1-14(2)19-13-21(12-15-6-4-3-5-7-15)17-9-8-16(11-20)10-18(17)22-19/h3-10,14,19H,11-13,20H2,1-2H3. The molecule has 2 aromatic carbocycles. The fraction of sp³-hybridized carbons (Fsp3) is 0.368. The summed E-state index contributed by atoms with van der Waals surface area (Å²) >= 11 is 0. The SMILES string of the molecule is CC(C)C1CN(Cc2ccccc2)c2ccc(CN)cc2O1. The van der Waals surface area contributed by atoms with E-state index in [0.29, 0.717) is 12.5 Å². The summed E-state index contributed by atoms with van der Waals surface area (Å²) in [6, 6.07) is 16.9. The van der Waals surface area contributed by atoms with E-state index in [0.717, 1.165) is 30.1 Å². The topological polar surface area (TPSA) is 38.5 Å². The van der Waals surface area contributed by atoms with Crippen molar-refractivity contribution in [2.24, 2.45) is 11.7 Å². The van der Waals surface area contributed by atoms with Crippen molar-refractivity contribution in [3.8, 4) is 5.75 Å². The molecule has 1 unspecified atom stereocenters. The maximum Gasteiger partial charge on any atom is 0.143 e. The molecule has 1 aliphatic rings. The zero-order valence-electron chi connectivity index (χ0n) is 13.3. The molecule has 1 heterocycles. The Kier molecular flexibility index (Phi) is 4.34. The summed E-state index contributed by atoms with van der Waals surface area (Å²) in [5, 5.41) is 0. The van der Waals surface area contributed by atoms with E-state index in [1.54, 1.807) is 0 Å². The molecular formula is C19H24N2O. The lowest BCUT2D eigenvalue weighted by Crippen LogP contribution is -2.42. The minimum Gasteiger partial charge on any atom is -0.486 e. The van der Waals surface area contributed by atoms with Gasteiger partial charge in [0.1, 0.15) is 11.9 Å². The third kappa shape index (κ3) is 3.09. The van der Waals surface area contributed by atoms with E-state index in [2.05, 4.69) is 67.3 Å². The number of anilines is 1. The van der Waals surface area contributed by atoms with Gasteiger partial charge in [-0.15, -0.1) is 0 Å². The Bertz CT molecular complexity index is 625. The van der Waals surface area contributed by atoms with E-state index in [9.17, 15) is 0 Å². The zero-order chi connectivity index (χ0) is 15.5. The van der Waals surface area contributed by atoms with Crippen LogP contribution in [-0.2, 0) is 13.1 Å². The summed E-state index contributed by atoms with van der Waals surface area (Å²) in [5.41, 5.74) is 9.37. The Hall–Kier alpha value is -2.00. The monoisotopic (exact) mass is 296 g/mol. The molecule has 0 aromatic heterocycles. The Balaban J connectivity index is 1.92. The van der Waals surface area contributed by atoms with Crippen molar-refractivity contribution in [3.05, 3.63) is 59.7 Å². The molecule has 3 rings (SSSR count). The number of rotatable bonds is 4. The molecule has 3 heteroatoms. The molecule has 0 aliphatic carbocycles. The van der Waals surface area contributed by atoms with Gasteiger partial charge in [0.15, 0.2) is 0 Å². The van der Waals surface area contributed by atoms with Crippen LogP contribution in [0.4, 0.5) is 5.69 Å². The highest BCUT2D eigenvalue weighted by Gasteiger charge is 2.27. The molecule has 0 amide bonds. The first kappa shape index (κ1) is 14.9. The number of nitrogens with two attached hydrogens (primary N) is 1. The highest BCUT2D eigenvalue weighted by molar-refractivity contribution is 5.61. The van der Waals surface area contributed by atoms with Crippen molar-refractivity contribution in [2.45, 2.75) is 33.0 Å². The second-order valence-corrected chi connectivity index (χ2v) is 6.27. The fourth-order valence-corrected chi connectivity index (χ4v) is 2.86. The Morgan fingerprint density at radius 2 is 1.91 bits per heavy atom. The van der Waals surface area contributed by atoms with Gasteiger partial charge in [0.05, 0.1) is 12.2 Å². The van der Waals surface area contributed by atoms with Crippen LogP contribution in [0.25, 0.3) is 0 Å². The molecule has 0 radical (unpaired) electrons. The Labute approximate surface area is 132 Å². The molecule has 22 heavy (non-hydrogen) atoms. The third-order valence-electron chi connectivity index (χ3n) is 4.24. The van der Waals surface area contributed by atoms with Gasteiger partial charge in [-0.25, -0.2) is 0 Å². The van der Waals surface area contributed by atoms with E-state index in [1.165, 1.54) is 5.56 Å². The zero-order valence-corrected chi connectivity index (χ0v) is 13.3. The normalized spacial score (nSPS) is 17.3. The smallest absolute Gasteiger partial charge is 0.143 e. The summed E-state index contributed by atoms with van der Waals surface area (Å²) in [5.74, 6) is 1.44. The quantitative estimate of drug-likeness (QED) is 0.937. The lowest BCUT2D eigenvalue weighted by atomic mass is 10.0. The second kappa shape index (κ2) is 6.41. The van der Waals surface area contributed by atoms with Gasteiger partial charge in [0.25, 0.3) is 0 Å². The van der Waals surface area contributed by atoms with Crippen molar-refractivity contribution < 1.29 is 4.74 Å². The molecular weight excluding hydrogens is 272 g/mol. The van der Waals surface area contributed by atoms with Gasteiger partial charge in [0, 0.05) is 13.1 Å². The molecule has 0 spiro atoms. The largest absolute Gasteiger partial charge is 0.486 e. The van der Waals surface area contributed by atoms with Gasteiger partial charge in [-0.05, 0) is 29.2 Å². The number of hydrogen-bond acceptors (Lipinski definition) is 3. The predicted octanol–water partition coefficient (Wildman–Crippen LogP) is 3.57. The molecule has 1 aliphatic heterocycles. The number of benzene rings is 2. The summed E-state index contributed by atoms with van der Waals surface area (Å²) in [6.45, 7) is 6.79. The lowest BCUT2D eigenvalue weighted by Gasteiger charge is -2.38. The van der Waals surface area contributed by atoms with Crippen molar-refractivity contribution in [3.63, 3.8) is 0 Å². The van der Waals surface area contributed by atoms with Crippen LogP contribution < -0.4 is 15.4 Å². The van der Waals surface area contributed by atoms with E-state index in [1.807, 2.05) is 0 Å². The fourth-order valence-electron chi connectivity index (χ4n) is 2.86. The van der Waals surface area contributed by atoms with Crippen LogP contribution in [0.2, 0.25) is 0 Å². The van der Waals surface area contributed by atoms with Crippen LogP contribution in [0.5, 0.6) is 5.75 Å². The van der Waals surface area contributed by atoms with Crippen molar-refractivity contribution in [2.75, 3.05) is 11.4 Å². The maximum absolute atomic E-state index is 6.21. The summed E-state index contributed by atoms with van der Waals surface area (Å²) in [4.78, 5) is 2.42. The Morgan fingerprint density at radius 3 is 2.59 bits per heavy atom. The number of hydrogen-bond donors (Lipinski definition) is 1. The predicted molar refractivity (Wildman–Crippen MR) is 91.1 cm³/mol. The molecule has 2 aromatic rings. The average molecular weight is 296 g/mol. The third-order valence-corrected chi connectivity index (χ3v) is 4.24. The first-order valence-corrected chi connectivity index (χ1v) is 7.96. The average Bonchev–Trinajstić information content (AvgIpc) is 2.55. The first-order chi connectivity index (χ1) is 10.7. The van der Waals surface area contributed by atoms with E-state index >= 15 is 0 Å². The molecule has 0 bridgehead atoms. The number of fused-ring (bicyclic) bond motifs is 1. The minimum absolute atomic E-state index is 0.212. The van der Waals surface area contributed by atoms with Gasteiger partial charge in [-0.2, -0.15) is 0 Å². The highest BCUT2D eigenvalue weighted by Crippen LogP contribution is 2.36. The molecule has 116 valence electrons. The maximum atomic E-state index is 6.21. The number of nitrogens with zero attached hydrogens (tertiary/aromatic N) is 1. The van der Waals surface area contributed by atoms with Crippen molar-refractivity contribution in [1.29, 1.82) is 0 Å². The second-order valence-electron chi connectivity index (χ2n) is 6.27. The van der Waals surface area contributed by atoms with Crippen LogP contribution in [-0.4, -0.2) is 12.6 Å². The van der Waals surface area contributed by atoms with Crippen LogP contribution >= 0.6 is 0 Å². The van der Waals surface area contributed by atoms with E-state index in [4.69, 9.17) is 10.5 Å². The van der Waals surface area contributed by atoms with Crippen LogP contribution in [0.1, 0.15) is 25.0 Å². The molecule has 3 nitrogen and oxygen atoms in total. The van der Waals surface area contributed by atoms with Crippen molar-refractivity contribution >= 4 is 5.69 Å². The number of ether oxygens (including phenoxy) is 1. The summed E-state index contributed by atoms with van der Waals surface area (Å²) in [6.07, 6.45) is 0.212. The van der Waals surface area contributed by atoms with Crippen LogP contribution in [0.3, 0.4) is 0 Å². The Morgan fingerprint density at radius 1 is 1.14 bits per heavy atom. The molecule has 2 N–H and O–H groups in total. The van der Waals surface area contributed by atoms with E-state index < -0.39 is 0 Å².